The van der Waals surface area contributed by atoms with Crippen molar-refractivity contribution in [3.8, 4) is 17.2 Å². The molecule has 0 spiro atoms. The second kappa shape index (κ2) is 11.6. The SMILES string of the molecule is COc1cc(OCCCON=C(N)N)cc(OS(=O)(=O)c2ccccc2S(C)(=O)=O)c1.Cl. The number of ether oxygens (including phenoxy) is 2. The molecule has 0 atom stereocenters. The van der Waals surface area contributed by atoms with Crippen LogP contribution in [0, 0.1) is 0 Å². The van der Waals surface area contributed by atoms with Gasteiger partial charge in [-0.3, -0.25) is 0 Å². The van der Waals surface area contributed by atoms with Crippen LogP contribution < -0.4 is 25.1 Å². The predicted octanol–water partition coefficient (Wildman–Crippen LogP) is 1.26. The zero-order chi connectivity index (χ0) is 23.1. The Labute approximate surface area is 192 Å². The maximum Gasteiger partial charge on any atom is 0.340 e. The summed E-state index contributed by atoms with van der Waals surface area (Å²) in [7, 11) is -6.87. The first-order valence-corrected chi connectivity index (χ1v) is 12.1. The minimum absolute atomic E-state index is 0. The number of guanidine groups is 1. The first kappa shape index (κ1) is 27.1. The van der Waals surface area contributed by atoms with Crippen molar-refractivity contribution >= 4 is 38.3 Å². The lowest BCUT2D eigenvalue weighted by Gasteiger charge is -2.13. The Morgan fingerprint density at radius 3 is 2.12 bits per heavy atom. The Hall–Kier alpha value is -2.90. The molecule has 178 valence electrons. The van der Waals surface area contributed by atoms with E-state index in [1.165, 1.54) is 43.5 Å². The fourth-order valence-corrected chi connectivity index (χ4v) is 4.88. The van der Waals surface area contributed by atoms with Gasteiger partial charge in [-0.1, -0.05) is 12.1 Å². The van der Waals surface area contributed by atoms with Crippen molar-refractivity contribution in [2.75, 3.05) is 26.6 Å². The van der Waals surface area contributed by atoms with Crippen molar-refractivity contribution in [2.24, 2.45) is 16.6 Å². The molecule has 11 nitrogen and oxygen atoms in total. The van der Waals surface area contributed by atoms with Crippen LogP contribution in [-0.2, 0) is 24.8 Å². The van der Waals surface area contributed by atoms with Crippen molar-refractivity contribution in [1.82, 2.24) is 0 Å². The number of nitrogens with two attached hydrogens (primary N) is 2. The van der Waals surface area contributed by atoms with Gasteiger partial charge in [-0.2, -0.15) is 8.42 Å². The van der Waals surface area contributed by atoms with Gasteiger partial charge < -0.3 is 30.0 Å². The molecule has 4 N–H and O–H groups in total. The van der Waals surface area contributed by atoms with Gasteiger partial charge in [0.25, 0.3) is 0 Å². The van der Waals surface area contributed by atoms with E-state index in [0.29, 0.717) is 6.42 Å². The number of benzene rings is 2. The topological polar surface area (TPSA) is 170 Å². The molecular weight excluding hydrogens is 486 g/mol. The summed E-state index contributed by atoms with van der Waals surface area (Å²) in [6.07, 6.45) is 1.35. The number of halogens is 1. The van der Waals surface area contributed by atoms with Gasteiger partial charge >= 0.3 is 10.1 Å². The number of rotatable bonds is 11. The van der Waals surface area contributed by atoms with E-state index < -0.39 is 24.9 Å². The van der Waals surface area contributed by atoms with Crippen molar-refractivity contribution in [2.45, 2.75) is 16.2 Å². The lowest BCUT2D eigenvalue weighted by molar-refractivity contribution is 0.127. The summed E-state index contributed by atoms with van der Waals surface area (Å²) >= 11 is 0. The van der Waals surface area contributed by atoms with Gasteiger partial charge in [-0.05, 0) is 17.3 Å². The van der Waals surface area contributed by atoms with Gasteiger partial charge in [0, 0.05) is 30.9 Å². The maximum atomic E-state index is 12.7. The van der Waals surface area contributed by atoms with Crippen LogP contribution in [0.2, 0.25) is 0 Å². The minimum atomic E-state index is -4.46. The second-order valence-corrected chi connectivity index (χ2v) is 9.65. The molecule has 0 fully saturated rings. The van der Waals surface area contributed by atoms with Gasteiger partial charge in [-0.25, -0.2) is 8.42 Å². The highest BCUT2D eigenvalue weighted by Gasteiger charge is 2.25. The van der Waals surface area contributed by atoms with Gasteiger partial charge in [0.15, 0.2) is 9.84 Å². The lowest BCUT2D eigenvalue weighted by Crippen LogP contribution is -2.23. The van der Waals surface area contributed by atoms with E-state index in [0.717, 1.165) is 12.3 Å². The van der Waals surface area contributed by atoms with E-state index in [-0.39, 0.29) is 53.7 Å². The highest BCUT2D eigenvalue weighted by atomic mass is 35.5. The van der Waals surface area contributed by atoms with Crippen LogP contribution >= 0.6 is 12.4 Å². The Morgan fingerprint density at radius 2 is 1.53 bits per heavy atom. The second-order valence-electron chi connectivity index (χ2n) is 6.15. The summed E-state index contributed by atoms with van der Waals surface area (Å²) in [5.41, 5.74) is 10.3. The first-order valence-electron chi connectivity index (χ1n) is 8.79. The molecule has 32 heavy (non-hydrogen) atoms. The Morgan fingerprint density at radius 1 is 0.938 bits per heavy atom. The summed E-state index contributed by atoms with van der Waals surface area (Å²) < 4.78 is 65.2. The smallest absolute Gasteiger partial charge is 0.340 e. The van der Waals surface area contributed by atoms with E-state index in [2.05, 4.69) is 5.16 Å². The average molecular weight is 510 g/mol. The Kier molecular flexibility index (Phi) is 9.87. The van der Waals surface area contributed by atoms with E-state index in [1.807, 2.05) is 0 Å². The summed E-state index contributed by atoms with van der Waals surface area (Å²) in [5.74, 6) is 0.224. The summed E-state index contributed by atoms with van der Waals surface area (Å²) in [5, 5.41) is 3.37. The van der Waals surface area contributed by atoms with Crippen molar-refractivity contribution in [3.05, 3.63) is 42.5 Å². The van der Waals surface area contributed by atoms with E-state index in [4.69, 9.17) is 30.0 Å². The number of sulfone groups is 1. The zero-order valence-electron chi connectivity index (χ0n) is 17.3. The summed E-state index contributed by atoms with van der Waals surface area (Å²) in [6.45, 7) is 0.401. The van der Waals surface area contributed by atoms with Crippen molar-refractivity contribution in [3.63, 3.8) is 0 Å². The molecule has 0 radical (unpaired) electrons. The summed E-state index contributed by atoms with van der Waals surface area (Å²) in [6, 6.07) is 9.35. The number of nitrogens with zero attached hydrogens (tertiary/aromatic N) is 1. The Balaban J connectivity index is 0.00000512. The molecule has 2 aromatic rings. The molecule has 0 heterocycles. The van der Waals surface area contributed by atoms with E-state index in [1.54, 1.807) is 0 Å². The molecule has 0 saturated carbocycles. The molecule has 0 aromatic heterocycles. The molecule has 2 aromatic carbocycles. The number of hydrogen-bond acceptors (Lipinski definition) is 9. The quantitative estimate of drug-likeness (QED) is 0.148. The van der Waals surface area contributed by atoms with Crippen molar-refractivity contribution in [1.29, 1.82) is 0 Å². The van der Waals surface area contributed by atoms with Crippen LogP contribution in [0.3, 0.4) is 0 Å². The van der Waals surface area contributed by atoms with Crippen molar-refractivity contribution < 1.29 is 35.3 Å². The average Bonchev–Trinajstić information content (AvgIpc) is 2.69. The monoisotopic (exact) mass is 509 g/mol. The first-order chi connectivity index (χ1) is 14.5. The van der Waals surface area contributed by atoms with E-state index >= 15 is 0 Å². The third-order valence-corrected chi connectivity index (χ3v) is 6.22. The molecule has 0 unspecified atom stereocenters. The molecule has 14 heteroatoms. The van der Waals surface area contributed by atoms with Crippen LogP contribution in [0.5, 0.6) is 17.2 Å². The third kappa shape index (κ3) is 7.98. The van der Waals surface area contributed by atoms with Gasteiger partial charge in [0.05, 0.1) is 18.6 Å². The van der Waals surface area contributed by atoms with Gasteiger partial charge in [0.2, 0.25) is 5.96 Å². The van der Waals surface area contributed by atoms with E-state index in [9.17, 15) is 16.8 Å². The summed E-state index contributed by atoms with van der Waals surface area (Å²) in [4.78, 5) is 4.00. The fourth-order valence-electron chi connectivity index (χ4n) is 2.36. The number of hydrogen-bond donors (Lipinski definition) is 2. The molecule has 0 amide bonds. The molecule has 0 aliphatic rings. The highest BCUT2D eigenvalue weighted by Crippen LogP contribution is 2.31. The minimum Gasteiger partial charge on any atom is -0.496 e. The zero-order valence-corrected chi connectivity index (χ0v) is 19.7. The molecular formula is C18H24ClN3O8S2. The largest absolute Gasteiger partial charge is 0.496 e. The standard InChI is InChI=1S/C18H23N3O8S2.ClH/c1-26-13-10-14(27-8-5-9-28-21-18(19)20)12-15(11-13)29-31(24,25)17-7-4-3-6-16(17)30(2,22)23;/h3-4,6-7,10-12H,5,8-9H2,1-2H3,(H4,19,20,21);1H. The van der Waals surface area contributed by atoms with Crippen LogP contribution in [-0.4, -0.2) is 49.4 Å². The molecule has 2 rings (SSSR count). The molecule has 0 aliphatic carbocycles. The van der Waals surface area contributed by atoms with Crippen LogP contribution in [0.25, 0.3) is 0 Å². The number of oxime groups is 1. The molecule has 0 aliphatic heterocycles. The lowest BCUT2D eigenvalue weighted by atomic mass is 10.3. The molecule has 0 saturated heterocycles. The predicted molar refractivity (Wildman–Crippen MR) is 119 cm³/mol. The van der Waals surface area contributed by atoms with Gasteiger partial charge in [-0.15, -0.1) is 12.4 Å². The van der Waals surface area contributed by atoms with Gasteiger partial charge in [0.1, 0.15) is 28.8 Å². The van der Waals surface area contributed by atoms with Crippen LogP contribution in [0.1, 0.15) is 6.42 Å². The fraction of sp³-hybridized carbons (Fsp3) is 0.278. The number of methoxy groups -OCH3 is 1. The highest BCUT2D eigenvalue weighted by molar-refractivity contribution is 7.92. The maximum absolute atomic E-state index is 12.7. The van der Waals surface area contributed by atoms with Crippen LogP contribution in [0.4, 0.5) is 0 Å². The Bertz CT molecular complexity index is 1150. The van der Waals surface area contributed by atoms with Crippen LogP contribution in [0.15, 0.2) is 57.4 Å². The molecule has 0 bridgehead atoms. The third-order valence-electron chi connectivity index (χ3n) is 3.63. The normalized spacial score (nSPS) is 11.1.